The minimum atomic E-state index is -0.919. The molecule has 48 heavy (non-hydrogen) atoms. The maximum absolute atomic E-state index is 14.0. The van der Waals surface area contributed by atoms with Crippen LogP contribution in [0.4, 0.5) is 0 Å². The first-order valence-corrected chi connectivity index (χ1v) is 16.8. The quantitative estimate of drug-likeness (QED) is 0.0676. The van der Waals surface area contributed by atoms with E-state index in [0.717, 1.165) is 27.2 Å². The van der Waals surface area contributed by atoms with E-state index >= 15 is 0 Å². The Morgan fingerprint density at radius 3 is 1.77 bits per heavy atom. The lowest BCUT2D eigenvalue weighted by atomic mass is 9.54. The smallest absolute Gasteiger partial charge is 0.343 e. The van der Waals surface area contributed by atoms with E-state index in [1.807, 2.05) is 48.5 Å². The van der Waals surface area contributed by atoms with Gasteiger partial charge in [-0.1, -0.05) is 86.5 Å². The van der Waals surface area contributed by atoms with Gasteiger partial charge in [-0.2, -0.15) is 0 Å². The number of halogens is 2. The third-order valence-electron chi connectivity index (χ3n) is 9.27. The van der Waals surface area contributed by atoms with Crippen molar-refractivity contribution in [2.75, 3.05) is 20.3 Å². The van der Waals surface area contributed by atoms with Crippen LogP contribution in [0, 0.1) is 11.8 Å². The van der Waals surface area contributed by atoms with Crippen molar-refractivity contribution in [2.45, 2.75) is 15.1 Å². The van der Waals surface area contributed by atoms with Crippen molar-refractivity contribution in [3.8, 4) is 11.5 Å². The van der Waals surface area contributed by atoms with E-state index in [9.17, 15) is 24.0 Å². The van der Waals surface area contributed by atoms with Crippen LogP contribution in [0.25, 0.3) is 0 Å². The first-order chi connectivity index (χ1) is 23.1. The van der Waals surface area contributed by atoms with E-state index in [1.54, 1.807) is 24.3 Å². The number of alkyl halides is 2. The minimum absolute atomic E-state index is 0.177. The van der Waals surface area contributed by atoms with Crippen molar-refractivity contribution in [1.29, 1.82) is 0 Å². The molecule has 1 saturated heterocycles. The highest BCUT2D eigenvalue weighted by molar-refractivity contribution is 9.10. The molecule has 1 fully saturated rings. The molecule has 0 radical (unpaired) electrons. The summed E-state index contributed by atoms with van der Waals surface area (Å²) in [5, 5.41) is 0. The lowest BCUT2D eigenvalue weighted by Gasteiger charge is -2.55. The molecule has 2 amide bonds. The number of nitrogens with zero attached hydrogens (tertiary/aromatic N) is 1. The molecular formula is C37H27Br2NO8. The molecule has 4 aromatic carbocycles. The van der Waals surface area contributed by atoms with Crippen molar-refractivity contribution >= 4 is 61.4 Å². The summed E-state index contributed by atoms with van der Waals surface area (Å²) in [6, 6.07) is 28.0. The Kier molecular flexibility index (Phi) is 8.07. The summed E-state index contributed by atoms with van der Waals surface area (Å²) >= 11 is 7.91. The highest BCUT2D eigenvalue weighted by Gasteiger charge is 2.72. The van der Waals surface area contributed by atoms with Gasteiger partial charge >= 0.3 is 11.9 Å². The lowest BCUT2D eigenvalue weighted by molar-refractivity contribution is -0.145. The average molecular weight is 773 g/mol. The number of ketones is 1. The van der Waals surface area contributed by atoms with Crippen LogP contribution in [0.15, 0.2) is 97.1 Å². The molecule has 2 bridgehead atoms. The summed E-state index contributed by atoms with van der Waals surface area (Å²) in [5.41, 5.74) is 4.24. The third kappa shape index (κ3) is 4.90. The van der Waals surface area contributed by atoms with Gasteiger partial charge in [0.05, 0.1) is 39.6 Å². The second-order valence-corrected chi connectivity index (χ2v) is 14.3. The summed E-state index contributed by atoms with van der Waals surface area (Å²) in [6.07, 6.45) is -0.270. The molecule has 2 unspecified atom stereocenters. The Hall–Kier alpha value is -4.61. The Morgan fingerprint density at radius 1 is 0.708 bits per heavy atom. The van der Waals surface area contributed by atoms with E-state index in [-0.39, 0.29) is 36.1 Å². The predicted octanol–water partition coefficient (Wildman–Crippen LogP) is 5.94. The maximum Gasteiger partial charge on any atom is 0.343 e. The molecule has 4 aliphatic rings. The third-order valence-corrected chi connectivity index (χ3v) is 12.0. The number of benzene rings is 4. The molecule has 2 atom stereocenters. The van der Waals surface area contributed by atoms with Crippen LogP contribution >= 0.6 is 31.9 Å². The van der Waals surface area contributed by atoms with E-state index in [0.29, 0.717) is 11.3 Å². The zero-order valence-electron chi connectivity index (χ0n) is 25.5. The van der Waals surface area contributed by atoms with Gasteiger partial charge in [0.25, 0.3) is 0 Å². The SMILES string of the molecule is COc1cccc(C(=O)Oc2ccc(C(=O)COC(=O)CCN3C(=O)C4C(C3=O)C3(Br)c5ccccc5C4(Br)c4ccccc43)cc2)c1. The largest absolute Gasteiger partial charge is 0.497 e. The van der Waals surface area contributed by atoms with Crippen LogP contribution < -0.4 is 9.47 Å². The van der Waals surface area contributed by atoms with E-state index in [2.05, 4.69) is 31.9 Å². The van der Waals surface area contributed by atoms with Crippen LogP contribution in [0.5, 0.6) is 11.5 Å². The summed E-state index contributed by atoms with van der Waals surface area (Å²) in [5.74, 6) is -3.24. The Balaban J connectivity index is 0.984. The van der Waals surface area contributed by atoms with Crippen molar-refractivity contribution in [1.82, 2.24) is 4.90 Å². The molecule has 0 aromatic heterocycles. The van der Waals surface area contributed by atoms with Crippen LogP contribution in [-0.2, 0) is 27.8 Å². The van der Waals surface area contributed by atoms with Gasteiger partial charge in [0.2, 0.25) is 11.8 Å². The summed E-state index contributed by atoms with van der Waals surface area (Å²) in [6.45, 7) is -0.710. The normalized spacial score (nSPS) is 23.2. The van der Waals surface area contributed by atoms with Crippen LogP contribution in [0.2, 0.25) is 0 Å². The van der Waals surface area contributed by atoms with Gasteiger partial charge in [0.15, 0.2) is 12.4 Å². The molecule has 0 saturated carbocycles. The summed E-state index contributed by atoms with van der Waals surface area (Å²) in [7, 11) is 1.50. The number of carbonyl (C=O) groups excluding carboxylic acids is 5. The fourth-order valence-electron chi connectivity index (χ4n) is 7.07. The van der Waals surface area contributed by atoms with Crippen molar-refractivity contribution in [2.24, 2.45) is 11.8 Å². The molecule has 9 nitrogen and oxygen atoms in total. The zero-order valence-corrected chi connectivity index (χ0v) is 28.7. The number of carbonyl (C=O) groups is 5. The first kappa shape index (κ1) is 32.0. The van der Waals surface area contributed by atoms with E-state index in [4.69, 9.17) is 14.2 Å². The molecule has 4 aromatic rings. The van der Waals surface area contributed by atoms with Crippen molar-refractivity contribution in [3.63, 3.8) is 0 Å². The number of hydrogen-bond donors (Lipinski definition) is 0. The summed E-state index contributed by atoms with van der Waals surface area (Å²) < 4.78 is 13.9. The number of likely N-dealkylation sites (tertiary alicyclic amines) is 1. The van der Waals surface area contributed by atoms with Gasteiger partial charge in [-0.25, -0.2) is 4.79 Å². The minimum Gasteiger partial charge on any atom is -0.497 e. The number of methoxy groups -OCH3 is 1. The fraction of sp³-hybridized carbons (Fsp3) is 0.216. The topological polar surface area (TPSA) is 116 Å². The highest BCUT2D eigenvalue weighted by atomic mass is 79.9. The number of Topliss-reactive ketones (excluding diaryl/α,β-unsaturated/α-hetero) is 1. The molecular weight excluding hydrogens is 746 g/mol. The average Bonchev–Trinajstić information content (AvgIpc) is 3.38. The number of imide groups is 1. The monoisotopic (exact) mass is 771 g/mol. The number of rotatable bonds is 9. The van der Waals surface area contributed by atoms with Crippen LogP contribution in [-0.4, -0.2) is 54.7 Å². The number of ether oxygens (including phenoxy) is 3. The van der Waals surface area contributed by atoms with Crippen molar-refractivity contribution in [3.05, 3.63) is 130 Å². The lowest BCUT2D eigenvalue weighted by Crippen LogP contribution is -2.56. The Bertz CT molecular complexity index is 1890. The second kappa shape index (κ2) is 12.1. The molecule has 1 aliphatic heterocycles. The van der Waals surface area contributed by atoms with Gasteiger partial charge in [-0.3, -0.25) is 24.1 Å². The highest BCUT2D eigenvalue weighted by Crippen LogP contribution is 2.70. The fourth-order valence-corrected chi connectivity index (χ4v) is 9.38. The molecule has 3 aliphatic carbocycles. The molecule has 8 rings (SSSR count). The van der Waals surface area contributed by atoms with Gasteiger partial charge in [-0.15, -0.1) is 0 Å². The van der Waals surface area contributed by atoms with Crippen LogP contribution in [0.1, 0.15) is 49.4 Å². The van der Waals surface area contributed by atoms with Gasteiger partial charge in [0, 0.05) is 12.1 Å². The van der Waals surface area contributed by atoms with Crippen molar-refractivity contribution < 1.29 is 38.2 Å². The molecule has 0 N–H and O–H groups in total. The van der Waals surface area contributed by atoms with Gasteiger partial charge < -0.3 is 14.2 Å². The van der Waals surface area contributed by atoms with E-state index in [1.165, 1.54) is 31.4 Å². The maximum atomic E-state index is 14.0. The molecule has 0 spiro atoms. The Labute approximate surface area is 292 Å². The second-order valence-electron chi connectivity index (χ2n) is 11.8. The predicted molar refractivity (Wildman–Crippen MR) is 180 cm³/mol. The molecule has 1 heterocycles. The van der Waals surface area contributed by atoms with Crippen LogP contribution in [0.3, 0.4) is 0 Å². The molecule has 11 heteroatoms. The molecule has 242 valence electrons. The first-order valence-electron chi connectivity index (χ1n) is 15.2. The van der Waals surface area contributed by atoms with E-state index < -0.39 is 44.8 Å². The number of esters is 2. The van der Waals surface area contributed by atoms with Gasteiger partial charge in [-0.05, 0) is 64.7 Å². The number of amides is 2. The summed E-state index contributed by atoms with van der Waals surface area (Å²) in [4.78, 5) is 67.1. The standard InChI is InChI=1S/C37H27Br2NO8/c1-46-24-8-6-7-22(19-24)35(45)48-23-15-13-21(14-16-23)29(41)20-47-30(42)17-18-40-33(43)31-32(34(40)44)37(39)26-10-3-2-9-25(26)36(31,38)27-11-4-5-12-28(27)37/h2-16,19,31-32H,17-18,20H2,1H3. The number of hydrogen-bond acceptors (Lipinski definition) is 8. The van der Waals surface area contributed by atoms with Gasteiger partial charge in [0.1, 0.15) is 11.5 Å². The Morgan fingerprint density at radius 2 is 1.25 bits per heavy atom. The zero-order chi connectivity index (χ0) is 33.8.